The molecule has 2 aromatic rings. The zero-order valence-corrected chi connectivity index (χ0v) is 19.4. The predicted molar refractivity (Wildman–Crippen MR) is 127 cm³/mol. The van der Waals surface area contributed by atoms with Crippen LogP contribution in [0.3, 0.4) is 0 Å². The number of carbonyl (C=O) groups is 1. The first kappa shape index (κ1) is 23.0. The monoisotopic (exact) mass is 437 g/mol. The van der Waals surface area contributed by atoms with Crippen LogP contribution < -0.4 is 15.1 Å². The van der Waals surface area contributed by atoms with Crippen molar-refractivity contribution in [3.05, 3.63) is 71.8 Å². The third-order valence-corrected chi connectivity index (χ3v) is 7.21. The molecule has 2 fully saturated rings. The molecule has 172 valence electrons. The topological polar surface area (TPSA) is 47.2 Å². The van der Waals surface area contributed by atoms with Crippen molar-refractivity contribution < 1.29 is 19.3 Å². The van der Waals surface area contributed by atoms with Crippen LogP contribution in [0.4, 0.5) is 0 Å². The summed E-state index contributed by atoms with van der Waals surface area (Å²) in [6.45, 7) is 8.50. The highest BCUT2D eigenvalue weighted by atomic mass is 16.5. The molecular formula is C27H39N3O2+2. The highest BCUT2D eigenvalue weighted by Crippen LogP contribution is 2.17. The van der Waals surface area contributed by atoms with Gasteiger partial charge in [0.25, 0.3) is 5.91 Å². The van der Waals surface area contributed by atoms with Gasteiger partial charge in [0.2, 0.25) is 0 Å². The summed E-state index contributed by atoms with van der Waals surface area (Å²) in [6.07, 6.45) is 3.58. The smallest absolute Gasteiger partial charge is 0.275 e. The summed E-state index contributed by atoms with van der Waals surface area (Å²) < 4.78 is 5.58. The second kappa shape index (κ2) is 11.6. The van der Waals surface area contributed by atoms with E-state index in [1.807, 2.05) is 0 Å². The lowest BCUT2D eigenvalue weighted by Gasteiger charge is -2.35. The number of hydrogen-bond acceptors (Lipinski definition) is 2. The number of ether oxygens (including phenoxy) is 1. The summed E-state index contributed by atoms with van der Waals surface area (Å²) in [6, 6.07) is 21.8. The highest BCUT2D eigenvalue weighted by molar-refractivity contribution is 5.77. The Hall–Kier alpha value is -2.21. The molecule has 0 radical (unpaired) electrons. The fourth-order valence-corrected chi connectivity index (χ4v) is 5.51. The van der Waals surface area contributed by atoms with Crippen molar-refractivity contribution in [2.45, 2.75) is 38.3 Å². The van der Waals surface area contributed by atoms with Crippen LogP contribution in [0.25, 0.3) is 0 Å². The Morgan fingerprint density at radius 1 is 0.969 bits per heavy atom. The van der Waals surface area contributed by atoms with E-state index in [2.05, 4.69) is 72.9 Å². The maximum Gasteiger partial charge on any atom is 0.275 e. The second-order valence-corrected chi connectivity index (χ2v) is 9.58. The van der Waals surface area contributed by atoms with Gasteiger partial charge in [0.05, 0.1) is 32.3 Å². The molecule has 1 amide bonds. The van der Waals surface area contributed by atoms with E-state index in [0.29, 0.717) is 6.54 Å². The van der Waals surface area contributed by atoms with Crippen LogP contribution in [0.15, 0.2) is 60.7 Å². The first-order valence-electron chi connectivity index (χ1n) is 12.3. The number of quaternary nitrogens is 2. The molecule has 5 nitrogen and oxygen atoms in total. The number of benzene rings is 2. The van der Waals surface area contributed by atoms with E-state index in [0.717, 1.165) is 45.3 Å². The van der Waals surface area contributed by atoms with E-state index in [-0.39, 0.29) is 18.0 Å². The molecule has 0 saturated carbocycles. The number of rotatable bonds is 8. The van der Waals surface area contributed by atoms with E-state index in [1.54, 1.807) is 0 Å². The number of likely N-dealkylation sites (tertiary alicyclic amines) is 1. The van der Waals surface area contributed by atoms with Crippen molar-refractivity contribution in [1.29, 1.82) is 0 Å². The van der Waals surface area contributed by atoms with E-state index in [9.17, 15) is 4.79 Å². The number of morpholine rings is 1. The highest BCUT2D eigenvalue weighted by Gasteiger charge is 2.33. The molecule has 0 bridgehead atoms. The van der Waals surface area contributed by atoms with Crippen molar-refractivity contribution in [2.75, 3.05) is 45.9 Å². The Kier molecular flexibility index (Phi) is 8.32. The van der Waals surface area contributed by atoms with Crippen molar-refractivity contribution in [3.8, 4) is 0 Å². The molecule has 0 aromatic heterocycles. The number of carbonyl (C=O) groups excluding carboxylic acids is 1. The number of nitrogens with one attached hydrogen (secondary N) is 3. The average molecular weight is 438 g/mol. The lowest BCUT2D eigenvalue weighted by Crippen LogP contribution is -3.16. The summed E-state index contributed by atoms with van der Waals surface area (Å²) in [5.74, 6) is 0.929. The van der Waals surface area contributed by atoms with Gasteiger partial charge in [-0.05, 0) is 37.7 Å². The fraction of sp³-hybridized carbons (Fsp3) is 0.519. The molecule has 5 heteroatoms. The van der Waals surface area contributed by atoms with Crippen LogP contribution in [0.1, 0.15) is 36.9 Å². The summed E-state index contributed by atoms with van der Waals surface area (Å²) >= 11 is 0. The third kappa shape index (κ3) is 6.41. The molecule has 4 rings (SSSR count). The summed E-state index contributed by atoms with van der Waals surface area (Å²) in [4.78, 5) is 15.9. The summed E-state index contributed by atoms with van der Waals surface area (Å²) in [7, 11) is 0. The van der Waals surface area contributed by atoms with Crippen LogP contribution >= 0.6 is 0 Å². The van der Waals surface area contributed by atoms with Gasteiger partial charge in [-0.25, -0.2) is 0 Å². The molecule has 2 aliphatic rings. The van der Waals surface area contributed by atoms with Gasteiger partial charge in [-0.3, -0.25) is 4.79 Å². The SMILES string of the molecule is C[C@H](NC(=O)C[NH+]1CCC(Cc2ccccc2)CC1)[C@@H](c1ccccc1)[NH+]1CCOCC1. The van der Waals surface area contributed by atoms with Gasteiger partial charge >= 0.3 is 0 Å². The van der Waals surface area contributed by atoms with Crippen LogP contribution in [0.2, 0.25) is 0 Å². The molecule has 2 aliphatic heterocycles. The number of hydrogen-bond donors (Lipinski definition) is 3. The van der Waals surface area contributed by atoms with Crippen LogP contribution in [-0.4, -0.2) is 57.9 Å². The lowest BCUT2D eigenvalue weighted by molar-refractivity contribution is -0.940. The first-order valence-corrected chi connectivity index (χ1v) is 12.3. The van der Waals surface area contributed by atoms with Crippen molar-refractivity contribution in [2.24, 2.45) is 5.92 Å². The Morgan fingerprint density at radius 3 is 2.25 bits per heavy atom. The zero-order valence-electron chi connectivity index (χ0n) is 19.4. The molecule has 0 unspecified atom stereocenters. The average Bonchev–Trinajstić information content (AvgIpc) is 2.82. The maximum atomic E-state index is 12.9. The lowest BCUT2D eigenvalue weighted by atomic mass is 9.90. The summed E-state index contributed by atoms with van der Waals surface area (Å²) in [5.41, 5.74) is 2.73. The molecule has 2 aromatic carbocycles. The Morgan fingerprint density at radius 2 is 1.59 bits per heavy atom. The van der Waals surface area contributed by atoms with Gasteiger partial charge in [0, 0.05) is 5.56 Å². The molecule has 2 saturated heterocycles. The van der Waals surface area contributed by atoms with Gasteiger partial charge in [-0.15, -0.1) is 0 Å². The summed E-state index contributed by atoms with van der Waals surface area (Å²) in [5, 5.41) is 3.35. The van der Waals surface area contributed by atoms with E-state index in [1.165, 1.54) is 40.2 Å². The molecule has 2 heterocycles. The van der Waals surface area contributed by atoms with Gasteiger partial charge in [-0.2, -0.15) is 0 Å². The molecular weight excluding hydrogens is 398 g/mol. The predicted octanol–water partition coefficient (Wildman–Crippen LogP) is 0.685. The quantitative estimate of drug-likeness (QED) is 0.569. The second-order valence-electron chi connectivity index (χ2n) is 9.58. The minimum absolute atomic E-state index is 0.0908. The third-order valence-electron chi connectivity index (χ3n) is 7.21. The fourth-order valence-electron chi connectivity index (χ4n) is 5.51. The number of amides is 1. The number of piperidine rings is 1. The minimum atomic E-state index is 0.0908. The van der Waals surface area contributed by atoms with Crippen LogP contribution in [0, 0.1) is 5.92 Å². The normalized spacial score (nSPS) is 23.9. The zero-order chi connectivity index (χ0) is 22.2. The van der Waals surface area contributed by atoms with Gasteiger partial charge < -0.3 is 19.9 Å². The van der Waals surface area contributed by atoms with Crippen molar-refractivity contribution in [1.82, 2.24) is 5.32 Å². The largest absolute Gasteiger partial charge is 0.370 e. The Bertz CT molecular complexity index is 815. The van der Waals surface area contributed by atoms with Crippen molar-refractivity contribution >= 4 is 5.91 Å². The van der Waals surface area contributed by atoms with Gasteiger partial charge in [0.15, 0.2) is 6.54 Å². The molecule has 0 spiro atoms. The van der Waals surface area contributed by atoms with Crippen LogP contribution in [-0.2, 0) is 16.0 Å². The molecule has 3 N–H and O–H groups in total. The van der Waals surface area contributed by atoms with E-state index in [4.69, 9.17) is 4.74 Å². The van der Waals surface area contributed by atoms with Gasteiger partial charge in [0.1, 0.15) is 19.1 Å². The molecule has 0 aliphatic carbocycles. The maximum absolute atomic E-state index is 12.9. The van der Waals surface area contributed by atoms with E-state index >= 15 is 0 Å². The van der Waals surface area contributed by atoms with Crippen molar-refractivity contribution in [3.63, 3.8) is 0 Å². The first-order chi connectivity index (χ1) is 15.7. The minimum Gasteiger partial charge on any atom is -0.370 e. The van der Waals surface area contributed by atoms with Gasteiger partial charge in [-0.1, -0.05) is 60.7 Å². The molecule has 2 atom stereocenters. The Labute approximate surface area is 192 Å². The standard InChI is InChI=1S/C27H37N3O2/c1-22(27(25-10-6-3-7-11-25)30-16-18-32-19-17-30)28-26(31)21-29-14-12-24(13-15-29)20-23-8-4-2-5-9-23/h2-11,22,24,27H,12-21H2,1H3,(H,28,31)/p+2/t22-,27-/m0/s1. The van der Waals surface area contributed by atoms with E-state index < -0.39 is 0 Å². The molecule has 32 heavy (non-hydrogen) atoms. The van der Waals surface area contributed by atoms with Crippen LogP contribution in [0.5, 0.6) is 0 Å². The Balaban J connectivity index is 1.28.